The number of methoxy groups -OCH3 is 1. The number of anilines is 2. The summed E-state index contributed by atoms with van der Waals surface area (Å²) in [6.07, 6.45) is 5.49. The SMILES string of the molecule is COc1ccc2c(ccn2CC(=O)Nc2n[nH]c(-c3ccccn3)n2)c1.Cc1ccc(CC(=O)Nc2n[nH]c(-c3ccccn3)n2)cc1. The van der Waals surface area contributed by atoms with Crippen molar-refractivity contribution in [3.05, 3.63) is 115 Å². The van der Waals surface area contributed by atoms with E-state index in [4.69, 9.17) is 4.74 Å². The Morgan fingerprint density at radius 2 is 1.40 bits per heavy atom. The van der Waals surface area contributed by atoms with Crippen LogP contribution in [0.3, 0.4) is 0 Å². The predicted octanol–water partition coefficient (Wildman–Crippen LogP) is 4.83. The summed E-state index contributed by atoms with van der Waals surface area (Å²) in [6.45, 7) is 2.17. The van der Waals surface area contributed by atoms with Crippen LogP contribution in [0.5, 0.6) is 5.75 Å². The van der Waals surface area contributed by atoms with E-state index in [-0.39, 0.29) is 36.7 Å². The predicted molar refractivity (Wildman–Crippen MR) is 180 cm³/mol. The lowest BCUT2D eigenvalue weighted by molar-refractivity contribution is -0.117. The van der Waals surface area contributed by atoms with Gasteiger partial charge in [-0.15, -0.1) is 10.2 Å². The summed E-state index contributed by atoms with van der Waals surface area (Å²) >= 11 is 0. The van der Waals surface area contributed by atoms with Crippen molar-refractivity contribution in [2.24, 2.45) is 0 Å². The van der Waals surface area contributed by atoms with Gasteiger partial charge in [0.15, 0.2) is 11.6 Å². The molecule has 7 aromatic rings. The second-order valence-electron chi connectivity index (χ2n) is 10.6. The van der Waals surface area contributed by atoms with Gasteiger partial charge in [-0.25, -0.2) is 0 Å². The molecule has 0 saturated carbocycles. The topological polar surface area (TPSA) is 181 Å². The Bertz CT molecular complexity index is 2120. The first-order valence-corrected chi connectivity index (χ1v) is 14.9. The van der Waals surface area contributed by atoms with Crippen LogP contribution in [0.25, 0.3) is 33.9 Å². The van der Waals surface area contributed by atoms with Gasteiger partial charge in [-0.05, 0) is 61.0 Å². The van der Waals surface area contributed by atoms with E-state index in [1.165, 1.54) is 0 Å². The summed E-state index contributed by atoms with van der Waals surface area (Å²) in [4.78, 5) is 41.1. The molecule has 0 aliphatic heterocycles. The quantitative estimate of drug-likeness (QED) is 0.172. The lowest BCUT2D eigenvalue weighted by atomic mass is 10.1. The Hall–Kier alpha value is -6.70. The van der Waals surface area contributed by atoms with Crippen LogP contribution in [0.15, 0.2) is 104 Å². The third kappa shape index (κ3) is 7.92. The largest absolute Gasteiger partial charge is 0.497 e. The number of rotatable bonds is 9. The molecule has 0 aliphatic carbocycles. The van der Waals surface area contributed by atoms with Crippen LogP contribution in [0.2, 0.25) is 0 Å². The van der Waals surface area contributed by atoms with Gasteiger partial charge in [-0.2, -0.15) is 9.97 Å². The van der Waals surface area contributed by atoms with Gasteiger partial charge in [0.2, 0.25) is 23.7 Å². The summed E-state index contributed by atoms with van der Waals surface area (Å²) in [7, 11) is 1.63. The fourth-order valence-corrected chi connectivity index (χ4v) is 4.69. The van der Waals surface area contributed by atoms with Crippen LogP contribution in [-0.2, 0) is 22.6 Å². The number of amides is 2. The Morgan fingerprint density at radius 3 is 1.98 bits per heavy atom. The Labute approximate surface area is 274 Å². The molecule has 5 heterocycles. The standard InChI is InChI=1S/C18H16N6O2.C16H15N5O/c1-26-13-5-6-15-12(10-13)7-9-24(15)11-16(25)20-18-21-17(22-23-18)14-4-2-3-8-19-14;1-11-5-7-12(8-6-11)10-14(22)18-16-19-15(20-21-16)13-4-2-3-9-17-13/h2-10H,11H2,1H3,(H2,20,21,22,23,25);2-9H,10H2,1H3,(H2,18,19,20,21,22). The Balaban J connectivity index is 0.000000170. The fourth-order valence-electron chi connectivity index (χ4n) is 4.69. The molecule has 14 nitrogen and oxygen atoms in total. The van der Waals surface area contributed by atoms with Crippen LogP contribution in [0.4, 0.5) is 11.9 Å². The van der Waals surface area contributed by atoms with Gasteiger partial charge in [-0.1, -0.05) is 42.0 Å². The molecule has 0 saturated heterocycles. The van der Waals surface area contributed by atoms with Gasteiger partial charge in [0.1, 0.15) is 23.7 Å². The number of fused-ring (bicyclic) bond motifs is 1. The molecule has 0 atom stereocenters. The number of H-pyrrole nitrogens is 2. The number of ether oxygens (including phenoxy) is 1. The van der Waals surface area contributed by atoms with Crippen molar-refractivity contribution in [1.29, 1.82) is 0 Å². The molecule has 240 valence electrons. The van der Waals surface area contributed by atoms with E-state index in [0.717, 1.165) is 27.8 Å². The lowest BCUT2D eigenvalue weighted by Crippen LogP contribution is -2.19. The highest BCUT2D eigenvalue weighted by Gasteiger charge is 2.12. The van der Waals surface area contributed by atoms with Crippen molar-refractivity contribution in [2.45, 2.75) is 19.9 Å². The molecule has 0 radical (unpaired) electrons. The molecule has 2 aromatic carbocycles. The number of carbonyl (C=O) groups excluding carboxylic acids is 2. The number of aromatic nitrogens is 9. The zero-order valence-electron chi connectivity index (χ0n) is 26.1. The molecule has 0 spiro atoms. The van der Waals surface area contributed by atoms with Gasteiger partial charge in [-0.3, -0.25) is 40.4 Å². The van der Waals surface area contributed by atoms with E-state index >= 15 is 0 Å². The van der Waals surface area contributed by atoms with Gasteiger partial charge in [0, 0.05) is 29.5 Å². The third-order valence-corrected chi connectivity index (χ3v) is 7.07. The number of aryl methyl sites for hydroxylation is 1. The Kier molecular flexibility index (Phi) is 9.52. The summed E-state index contributed by atoms with van der Waals surface area (Å²) in [5.74, 6) is 1.89. The molecule has 48 heavy (non-hydrogen) atoms. The summed E-state index contributed by atoms with van der Waals surface area (Å²) in [5.41, 5.74) is 4.40. The zero-order chi connectivity index (χ0) is 33.3. The van der Waals surface area contributed by atoms with Crippen molar-refractivity contribution >= 4 is 34.6 Å². The van der Waals surface area contributed by atoms with Crippen LogP contribution in [0, 0.1) is 6.92 Å². The molecule has 0 bridgehead atoms. The van der Waals surface area contributed by atoms with E-state index in [1.807, 2.05) is 103 Å². The van der Waals surface area contributed by atoms with Crippen molar-refractivity contribution in [3.8, 4) is 28.8 Å². The second kappa shape index (κ2) is 14.6. The van der Waals surface area contributed by atoms with Crippen molar-refractivity contribution < 1.29 is 14.3 Å². The monoisotopic (exact) mass is 641 g/mol. The molecule has 5 aromatic heterocycles. The number of hydrogen-bond donors (Lipinski definition) is 4. The molecular formula is C34H31N11O3. The number of pyridine rings is 2. The van der Waals surface area contributed by atoms with Crippen LogP contribution < -0.4 is 15.4 Å². The number of nitrogens with zero attached hydrogens (tertiary/aromatic N) is 7. The molecule has 0 fully saturated rings. The zero-order valence-corrected chi connectivity index (χ0v) is 26.1. The average Bonchev–Trinajstić information content (AvgIpc) is 3.87. The van der Waals surface area contributed by atoms with Gasteiger partial charge in [0.25, 0.3) is 0 Å². The molecule has 0 unspecified atom stereocenters. The van der Waals surface area contributed by atoms with E-state index in [1.54, 1.807) is 19.5 Å². The van der Waals surface area contributed by atoms with Crippen LogP contribution >= 0.6 is 0 Å². The molecule has 0 aliphatic rings. The minimum Gasteiger partial charge on any atom is -0.497 e. The van der Waals surface area contributed by atoms with Gasteiger partial charge in [0.05, 0.1) is 13.5 Å². The molecular weight excluding hydrogens is 610 g/mol. The van der Waals surface area contributed by atoms with Crippen molar-refractivity contribution in [3.63, 3.8) is 0 Å². The van der Waals surface area contributed by atoms with Gasteiger partial charge >= 0.3 is 0 Å². The first-order chi connectivity index (χ1) is 23.4. The minimum atomic E-state index is -0.218. The Morgan fingerprint density at radius 1 is 0.771 bits per heavy atom. The maximum Gasteiger partial charge on any atom is 0.249 e. The number of nitrogens with one attached hydrogen (secondary N) is 4. The summed E-state index contributed by atoms with van der Waals surface area (Å²) in [5, 5.41) is 19.9. The van der Waals surface area contributed by atoms with E-state index in [0.29, 0.717) is 23.0 Å². The smallest absolute Gasteiger partial charge is 0.249 e. The highest BCUT2D eigenvalue weighted by atomic mass is 16.5. The lowest BCUT2D eigenvalue weighted by Gasteiger charge is -2.05. The number of carbonyl (C=O) groups is 2. The molecule has 7 rings (SSSR count). The van der Waals surface area contributed by atoms with Crippen molar-refractivity contribution in [2.75, 3.05) is 17.7 Å². The normalized spacial score (nSPS) is 10.6. The fraction of sp³-hybridized carbons (Fsp3) is 0.118. The molecule has 2 amide bonds. The van der Waals surface area contributed by atoms with Crippen LogP contribution in [-0.4, -0.2) is 63.8 Å². The highest BCUT2D eigenvalue weighted by Crippen LogP contribution is 2.22. The maximum absolute atomic E-state index is 12.3. The maximum atomic E-state index is 12.3. The first kappa shape index (κ1) is 31.3. The van der Waals surface area contributed by atoms with Crippen molar-refractivity contribution in [1.82, 2.24) is 44.9 Å². The van der Waals surface area contributed by atoms with E-state index < -0.39 is 0 Å². The average molecular weight is 642 g/mol. The van der Waals surface area contributed by atoms with E-state index in [9.17, 15) is 9.59 Å². The molecule has 14 heteroatoms. The highest BCUT2D eigenvalue weighted by molar-refractivity contribution is 5.91. The van der Waals surface area contributed by atoms with E-state index in [2.05, 4.69) is 51.0 Å². The summed E-state index contributed by atoms with van der Waals surface area (Å²) in [6, 6.07) is 26.5. The summed E-state index contributed by atoms with van der Waals surface area (Å²) < 4.78 is 7.07. The minimum absolute atomic E-state index is 0.156. The first-order valence-electron chi connectivity index (χ1n) is 14.9. The third-order valence-electron chi connectivity index (χ3n) is 7.07. The number of hydrogen-bond acceptors (Lipinski definition) is 9. The number of benzene rings is 2. The molecule has 4 N–H and O–H groups in total. The number of aromatic amines is 2. The second-order valence-corrected chi connectivity index (χ2v) is 10.6. The van der Waals surface area contributed by atoms with Crippen LogP contribution in [0.1, 0.15) is 11.1 Å². The van der Waals surface area contributed by atoms with Gasteiger partial charge < -0.3 is 9.30 Å².